The minimum Gasteiger partial charge on any atom is -0.469 e. The lowest BCUT2D eigenvalue weighted by molar-refractivity contribution is -0.163. The molecule has 0 saturated carbocycles. The molecule has 146 valence electrons. The maximum atomic E-state index is 13.0. The van der Waals surface area contributed by atoms with Gasteiger partial charge in [-0.25, -0.2) is 4.79 Å². The first kappa shape index (κ1) is 20.4. The second-order valence-electron chi connectivity index (χ2n) is 6.22. The summed E-state index contributed by atoms with van der Waals surface area (Å²) in [7, 11) is 2.37. The number of rotatable bonds is 7. The third-order valence-electron chi connectivity index (χ3n) is 4.76. The first-order chi connectivity index (χ1) is 12.9. The molecule has 1 aromatic carbocycles. The van der Waals surface area contributed by atoms with Gasteiger partial charge in [0.1, 0.15) is 6.04 Å². The number of nitrogens with one attached hydrogen (secondary N) is 1. The van der Waals surface area contributed by atoms with E-state index in [0.29, 0.717) is 5.56 Å². The largest absolute Gasteiger partial charge is 0.469 e. The van der Waals surface area contributed by atoms with Crippen molar-refractivity contribution in [1.82, 2.24) is 5.32 Å². The van der Waals surface area contributed by atoms with E-state index < -0.39 is 41.2 Å². The zero-order valence-electron chi connectivity index (χ0n) is 15.5. The van der Waals surface area contributed by atoms with E-state index >= 15 is 0 Å². The highest BCUT2D eigenvalue weighted by molar-refractivity contribution is 6.08. The Hall–Kier alpha value is -2.90. The first-order valence-corrected chi connectivity index (χ1v) is 8.57. The van der Waals surface area contributed by atoms with Gasteiger partial charge in [0.05, 0.1) is 27.2 Å². The summed E-state index contributed by atoms with van der Waals surface area (Å²) in [5, 5.41) is 2.51. The van der Waals surface area contributed by atoms with Crippen molar-refractivity contribution in [2.24, 2.45) is 11.3 Å². The van der Waals surface area contributed by atoms with Crippen LogP contribution in [0.5, 0.6) is 0 Å². The molecule has 3 atom stereocenters. The maximum absolute atomic E-state index is 13.0. The van der Waals surface area contributed by atoms with Gasteiger partial charge in [0.2, 0.25) is 5.91 Å². The Morgan fingerprint density at radius 2 is 1.78 bits per heavy atom. The van der Waals surface area contributed by atoms with Gasteiger partial charge in [-0.2, -0.15) is 0 Å². The van der Waals surface area contributed by atoms with Crippen molar-refractivity contribution in [2.45, 2.75) is 25.8 Å². The van der Waals surface area contributed by atoms with Gasteiger partial charge in [0, 0.05) is 5.92 Å². The fourth-order valence-corrected chi connectivity index (χ4v) is 3.43. The van der Waals surface area contributed by atoms with Gasteiger partial charge < -0.3 is 19.5 Å². The highest BCUT2D eigenvalue weighted by atomic mass is 16.5. The number of ether oxygens (including phenoxy) is 3. The van der Waals surface area contributed by atoms with Crippen molar-refractivity contribution in [3.8, 4) is 0 Å². The van der Waals surface area contributed by atoms with Crippen molar-refractivity contribution in [1.29, 1.82) is 0 Å². The fraction of sp³-hybridized carbons (Fsp3) is 0.474. The van der Waals surface area contributed by atoms with Crippen molar-refractivity contribution >= 4 is 23.8 Å². The van der Waals surface area contributed by atoms with E-state index in [0.717, 1.165) is 0 Å². The minimum atomic E-state index is -1.75. The molecular weight excluding hydrogens is 354 g/mol. The van der Waals surface area contributed by atoms with E-state index in [2.05, 4.69) is 5.32 Å². The van der Waals surface area contributed by atoms with Crippen LogP contribution < -0.4 is 5.32 Å². The zero-order chi connectivity index (χ0) is 20.0. The molecule has 0 aliphatic carbocycles. The molecule has 1 aliphatic heterocycles. The molecule has 0 aromatic heterocycles. The smallest absolute Gasteiger partial charge is 0.328 e. The molecular formula is C19H23NO7. The third-order valence-corrected chi connectivity index (χ3v) is 4.76. The normalized spacial score (nSPS) is 24.0. The van der Waals surface area contributed by atoms with Crippen LogP contribution in [0.3, 0.4) is 0 Å². The number of carbonyl (C=O) groups excluding carboxylic acids is 4. The predicted molar refractivity (Wildman–Crippen MR) is 93.3 cm³/mol. The Bertz CT molecular complexity index is 718. The van der Waals surface area contributed by atoms with E-state index in [9.17, 15) is 19.2 Å². The molecule has 0 radical (unpaired) electrons. The molecule has 1 fully saturated rings. The summed E-state index contributed by atoms with van der Waals surface area (Å²) in [6, 6.07) is 7.71. The van der Waals surface area contributed by atoms with Crippen molar-refractivity contribution < 1.29 is 33.4 Å². The number of esters is 3. The van der Waals surface area contributed by atoms with Crippen molar-refractivity contribution in [3.05, 3.63) is 35.9 Å². The van der Waals surface area contributed by atoms with E-state index in [4.69, 9.17) is 14.2 Å². The van der Waals surface area contributed by atoms with Crippen LogP contribution in [-0.2, 0) is 39.8 Å². The number of hydrogen-bond donors (Lipinski definition) is 1. The maximum Gasteiger partial charge on any atom is 0.328 e. The average Bonchev–Trinajstić information content (AvgIpc) is 2.95. The summed E-state index contributed by atoms with van der Waals surface area (Å²) in [5.74, 6) is -3.85. The summed E-state index contributed by atoms with van der Waals surface area (Å²) < 4.78 is 14.6. The van der Waals surface area contributed by atoms with Gasteiger partial charge in [0.25, 0.3) is 0 Å². The molecule has 1 aliphatic rings. The summed E-state index contributed by atoms with van der Waals surface area (Å²) in [6.07, 6.45) is -0.339. The lowest BCUT2D eigenvalue weighted by Gasteiger charge is -2.31. The van der Waals surface area contributed by atoms with Crippen LogP contribution in [-0.4, -0.2) is 50.7 Å². The standard InChI is InChI=1S/C19H23NO7/c1-4-27-18(24)19(11-12-8-6-5-7-9-12)13(10-14(21)25-2)15(16(22)26-3)20-17(19)23/h5-9,13,15H,4,10-11H2,1-3H3,(H,20,23)/t13-,15+,19-/m1/s1. The Labute approximate surface area is 157 Å². The predicted octanol–water partition coefficient (Wildman–Crippen LogP) is 0.629. The summed E-state index contributed by atoms with van der Waals surface area (Å²) in [6.45, 7) is 1.67. The molecule has 8 heteroatoms. The molecule has 0 spiro atoms. The molecule has 1 aromatic rings. The second kappa shape index (κ2) is 8.66. The highest BCUT2D eigenvalue weighted by Gasteiger charge is 2.63. The zero-order valence-corrected chi connectivity index (χ0v) is 15.5. The van der Waals surface area contributed by atoms with E-state index in [1.165, 1.54) is 14.2 Å². The summed E-state index contributed by atoms with van der Waals surface area (Å²) in [5.41, 5.74) is -1.05. The molecule has 0 bridgehead atoms. The minimum absolute atomic E-state index is 0.0202. The van der Waals surface area contributed by atoms with Gasteiger partial charge in [-0.3, -0.25) is 14.4 Å². The average molecular weight is 377 g/mol. The summed E-state index contributed by atoms with van der Waals surface area (Å²) in [4.78, 5) is 50.1. The molecule has 0 unspecified atom stereocenters. The molecule has 8 nitrogen and oxygen atoms in total. The number of amides is 1. The van der Waals surface area contributed by atoms with Crippen LogP contribution >= 0.6 is 0 Å². The number of benzene rings is 1. The lowest BCUT2D eigenvalue weighted by Crippen LogP contribution is -2.47. The molecule has 1 heterocycles. The third kappa shape index (κ3) is 3.94. The van der Waals surface area contributed by atoms with Crippen LogP contribution in [0.25, 0.3) is 0 Å². The van der Waals surface area contributed by atoms with Gasteiger partial charge in [-0.1, -0.05) is 30.3 Å². The van der Waals surface area contributed by atoms with Crippen LogP contribution in [0.4, 0.5) is 0 Å². The summed E-state index contributed by atoms with van der Waals surface area (Å²) >= 11 is 0. The fourth-order valence-electron chi connectivity index (χ4n) is 3.43. The lowest BCUT2D eigenvalue weighted by atomic mass is 9.69. The van der Waals surface area contributed by atoms with E-state index in [1.54, 1.807) is 37.3 Å². The van der Waals surface area contributed by atoms with Gasteiger partial charge in [-0.05, 0) is 18.9 Å². The topological polar surface area (TPSA) is 108 Å². The molecule has 1 N–H and O–H groups in total. The Kier molecular flexibility index (Phi) is 6.55. The Morgan fingerprint density at radius 1 is 1.11 bits per heavy atom. The van der Waals surface area contributed by atoms with Crippen LogP contribution in [0.2, 0.25) is 0 Å². The van der Waals surface area contributed by atoms with E-state index in [1.807, 2.05) is 0 Å². The van der Waals surface area contributed by atoms with Gasteiger partial charge in [-0.15, -0.1) is 0 Å². The molecule has 1 saturated heterocycles. The van der Waals surface area contributed by atoms with Gasteiger partial charge >= 0.3 is 17.9 Å². The van der Waals surface area contributed by atoms with Crippen molar-refractivity contribution in [2.75, 3.05) is 20.8 Å². The van der Waals surface area contributed by atoms with Crippen LogP contribution in [0.1, 0.15) is 18.9 Å². The SMILES string of the molecule is CCOC(=O)[C@@]1(Cc2ccccc2)C(=O)N[C@H](C(=O)OC)[C@H]1CC(=O)OC. The molecule has 1 amide bonds. The number of hydrogen-bond acceptors (Lipinski definition) is 7. The van der Waals surface area contributed by atoms with Crippen LogP contribution in [0.15, 0.2) is 30.3 Å². The number of carbonyl (C=O) groups is 4. The Morgan fingerprint density at radius 3 is 2.33 bits per heavy atom. The Balaban J connectivity index is 2.56. The first-order valence-electron chi connectivity index (χ1n) is 8.57. The van der Waals surface area contributed by atoms with E-state index in [-0.39, 0.29) is 19.4 Å². The quantitative estimate of drug-likeness (QED) is 0.422. The van der Waals surface area contributed by atoms with Gasteiger partial charge in [0.15, 0.2) is 5.41 Å². The van der Waals surface area contributed by atoms with Crippen LogP contribution in [0, 0.1) is 11.3 Å². The highest BCUT2D eigenvalue weighted by Crippen LogP contribution is 2.43. The number of methoxy groups -OCH3 is 2. The van der Waals surface area contributed by atoms with Crippen molar-refractivity contribution in [3.63, 3.8) is 0 Å². The monoisotopic (exact) mass is 377 g/mol. The molecule has 2 rings (SSSR count). The molecule has 27 heavy (non-hydrogen) atoms. The second-order valence-corrected chi connectivity index (χ2v) is 6.22.